The molecule has 0 unspecified atom stereocenters. The van der Waals surface area contributed by atoms with Gasteiger partial charge in [0, 0.05) is 0 Å². The van der Waals surface area contributed by atoms with Gasteiger partial charge in [-0.3, -0.25) is 0 Å². The third-order valence-corrected chi connectivity index (χ3v) is 35.9. The monoisotopic (exact) mass is 320 g/mol. The van der Waals surface area contributed by atoms with Gasteiger partial charge < -0.3 is 0 Å². The maximum atomic E-state index is 5.19. The standard InChI is InChI=1S/H2P2S8/c3-1(4)7-9-2(5,6)10-8-1/h(H,3,4)(H,5,6). The molecular weight excluding hydrogens is 318 g/mol. The maximum absolute atomic E-state index is 5.19. The lowest BCUT2D eigenvalue weighted by molar-refractivity contribution is 5.03. The lowest BCUT2D eigenvalue weighted by Crippen LogP contribution is -1.56. The smallest absolute Gasteiger partial charge is 0.120 e. The molecule has 1 saturated heterocycles. The Morgan fingerprint density at radius 3 is 1.20 bits per heavy atom. The summed E-state index contributed by atoms with van der Waals surface area (Å²) in [5.41, 5.74) is 0. The number of thiol groups is 2. The van der Waals surface area contributed by atoms with Crippen molar-refractivity contribution >= 4 is 97.1 Å². The van der Waals surface area contributed by atoms with Crippen LogP contribution in [-0.4, -0.2) is 0 Å². The van der Waals surface area contributed by atoms with Crippen molar-refractivity contribution in [1.29, 1.82) is 0 Å². The fourth-order valence-corrected chi connectivity index (χ4v) is 47.0. The van der Waals surface area contributed by atoms with Crippen LogP contribution in [0.5, 0.6) is 0 Å². The summed E-state index contributed by atoms with van der Waals surface area (Å²) < 4.78 is -2.93. The Morgan fingerprint density at radius 1 is 0.800 bits per heavy atom. The second-order valence-corrected chi connectivity index (χ2v) is 33.4. The Labute approximate surface area is 95.7 Å². The van der Waals surface area contributed by atoms with E-state index in [1.54, 1.807) is 41.7 Å². The van der Waals surface area contributed by atoms with Gasteiger partial charge in [-0.2, -0.15) is 0 Å². The quantitative estimate of drug-likeness (QED) is 0.360. The molecule has 0 atom stereocenters. The second kappa shape index (κ2) is 4.28. The van der Waals surface area contributed by atoms with Crippen LogP contribution in [0.25, 0.3) is 0 Å². The van der Waals surface area contributed by atoms with Crippen LogP contribution in [0.15, 0.2) is 0 Å². The highest BCUT2D eigenvalue weighted by molar-refractivity contribution is 9.61. The molecule has 0 amide bonds. The van der Waals surface area contributed by atoms with Crippen LogP contribution in [0.2, 0.25) is 0 Å². The first-order valence-corrected chi connectivity index (χ1v) is 16.5. The van der Waals surface area contributed by atoms with E-state index in [1.807, 2.05) is 0 Å². The largest absolute Gasteiger partial charge is 0.127 e. The van der Waals surface area contributed by atoms with Crippen LogP contribution < -0.4 is 0 Å². The van der Waals surface area contributed by atoms with Gasteiger partial charge in [0.1, 0.15) is 7.29 Å². The predicted octanol–water partition coefficient (Wildman–Crippen LogP) is 5.07. The molecule has 1 heterocycles. The molecule has 0 N–H and O–H groups in total. The van der Waals surface area contributed by atoms with Gasteiger partial charge >= 0.3 is 0 Å². The molecule has 1 rings (SSSR count). The average molecular weight is 320 g/mol. The van der Waals surface area contributed by atoms with Crippen molar-refractivity contribution in [3.63, 3.8) is 0 Å². The van der Waals surface area contributed by atoms with Crippen molar-refractivity contribution in [2.45, 2.75) is 0 Å². The average Bonchev–Trinajstić information content (AvgIpc) is 1.79. The molecule has 0 bridgehead atoms. The predicted molar refractivity (Wildman–Crippen MR) is 76.9 cm³/mol. The van der Waals surface area contributed by atoms with E-state index in [0.29, 0.717) is 0 Å². The Morgan fingerprint density at radius 2 is 1.00 bits per heavy atom. The highest BCUT2D eigenvalue weighted by Crippen LogP contribution is 2.98. The number of hydrogen-bond acceptors (Lipinski definition) is 6. The normalized spacial score (nSPS) is 49.0. The van der Waals surface area contributed by atoms with Crippen LogP contribution in [0.3, 0.4) is 0 Å². The first-order chi connectivity index (χ1) is 4.41. The van der Waals surface area contributed by atoms with Gasteiger partial charge in [-0.05, 0) is 41.7 Å². The van der Waals surface area contributed by atoms with Crippen molar-refractivity contribution < 1.29 is 0 Å². The van der Waals surface area contributed by atoms with Crippen molar-refractivity contribution in [2.75, 3.05) is 0 Å². The molecule has 1 fully saturated rings. The molecule has 10 heteroatoms. The van der Waals surface area contributed by atoms with Gasteiger partial charge in [0.15, 0.2) is 0 Å². The molecule has 0 aromatic carbocycles. The van der Waals surface area contributed by atoms with E-state index >= 15 is 0 Å². The summed E-state index contributed by atoms with van der Waals surface area (Å²) in [7, 11) is 6.58. The zero-order valence-electron chi connectivity index (χ0n) is 4.24. The van der Waals surface area contributed by atoms with E-state index in [0.717, 1.165) is 0 Å². The molecule has 1 aliphatic heterocycles. The van der Waals surface area contributed by atoms with Crippen molar-refractivity contribution in [3.05, 3.63) is 0 Å². The Balaban J connectivity index is 2.63. The third-order valence-electron chi connectivity index (χ3n) is 0.443. The van der Waals surface area contributed by atoms with Crippen LogP contribution in [0.1, 0.15) is 0 Å². The van der Waals surface area contributed by atoms with Crippen molar-refractivity contribution in [2.24, 2.45) is 0 Å². The van der Waals surface area contributed by atoms with Gasteiger partial charge in [0.2, 0.25) is 0 Å². The van der Waals surface area contributed by atoms with Gasteiger partial charge in [-0.1, -0.05) is 23.6 Å². The summed E-state index contributed by atoms with van der Waals surface area (Å²) in [4.78, 5) is 0. The van der Waals surface area contributed by atoms with Crippen LogP contribution in [0, 0.1) is 0 Å². The highest BCUT2D eigenvalue weighted by Gasteiger charge is 2.29. The molecule has 1 aliphatic rings. The third kappa shape index (κ3) is 4.07. The molecule has 10 heavy (non-hydrogen) atoms. The zero-order valence-corrected chi connectivity index (χ0v) is 12.7. The fourth-order valence-electron chi connectivity index (χ4n) is 0.193. The molecule has 0 spiro atoms. The minimum Gasteiger partial charge on any atom is -0.120 e. The Kier molecular flexibility index (Phi) is 4.91. The van der Waals surface area contributed by atoms with E-state index < -0.39 is 7.29 Å². The van der Waals surface area contributed by atoms with Crippen LogP contribution in [0.4, 0.5) is 0 Å². The highest BCUT2D eigenvalue weighted by atomic mass is 34.0. The fraction of sp³-hybridized carbons (Fsp3) is 0. The molecule has 0 radical (unpaired) electrons. The van der Waals surface area contributed by atoms with E-state index in [4.69, 9.17) is 23.6 Å². The topological polar surface area (TPSA) is 0 Å². The van der Waals surface area contributed by atoms with E-state index in [2.05, 4.69) is 24.5 Å². The first-order valence-electron chi connectivity index (χ1n) is 1.83. The SMILES string of the molecule is S=P1(S)SSP(=S)(S)SS1. The van der Waals surface area contributed by atoms with Crippen molar-refractivity contribution in [1.82, 2.24) is 0 Å². The van der Waals surface area contributed by atoms with Gasteiger partial charge in [0.25, 0.3) is 0 Å². The molecule has 0 saturated carbocycles. The summed E-state index contributed by atoms with van der Waals surface area (Å²) >= 11 is 19.1. The van der Waals surface area contributed by atoms with Crippen LogP contribution >= 0.6 is 73.4 Å². The van der Waals surface area contributed by atoms with Crippen LogP contribution in [-0.2, 0) is 23.6 Å². The molecule has 60 valence electrons. The first kappa shape index (κ1) is 11.5. The molecule has 0 nitrogen and oxygen atoms in total. The van der Waals surface area contributed by atoms with Gasteiger partial charge in [-0.15, -0.1) is 24.5 Å². The second-order valence-electron chi connectivity index (χ2n) is 1.24. The Bertz CT molecular complexity index is 175. The Hall–Kier alpha value is 3.40. The number of rotatable bonds is 0. The minimum atomic E-state index is -1.47. The summed E-state index contributed by atoms with van der Waals surface area (Å²) in [6, 6.07) is 0. The van der Waals surface area contributed by atoms with Crippen molar-refractivity contribution in [3.8, 4) is 0 Å². The molecule has 0 aromatic heterocycles. The molecular formula is H2P2S8. The van der Waals surface area contributed by atoms with Gasteiger partial charge in [0.05, 0.1) is 0 Å². The number of hydrogen-bond donors (Lipinski definition) is 2. The van der Waals surface area contributed by atoms with Gasteiger partial charge in [-0.25, -0.2) is 0 Å². The summed E-state index contributed by atoms with van der Waals surface area (Å²) in [6.07, 6.45) is 0. The lowest BCUT2D eigenvalue weighted by atomic mass is 29.3. The molecule has 0 aliphatic carbocycles. The summed E-state index contributed by atoms with van der Waals surface area (Å²) in [6.45, 7) is 0. The molecule has 0 aromatic rings. The minimum absolute atomic E-state index is 1.47. The van der Waals surface area contributed by atoms with E-state index in [-0.39, 0.29) is 0 Å². The zero-order chi connectivity index (χ0) is 7.83. The summed E-state index contributed by atoms with van der Waals surface area (Å²) in [5.74, 6) is 0. The van der Waals surface area contributed by atoms with E-state index in [1.165, 1.54) is 0 Å². The lowest BCUT2D eigenvalue weighted by Gasteiger charge is -2.23. The van der Waals surface area contributed by atoms with E-state index in [9.17, 15) is 0 Å². The summed E-state index contributed by atoms with van der Waals surface area (Å²) in [5, 5.41) is 0. The maximum Gasteiger partial charge on any atom is 0.127 e.